The molecule has 0 saturated carbocycles. The highest BCUT2D eigenvalue weighted by Gasteiger charge is 2.27. The number of hydrogen-bond acceptors (Lipinski definition) is 14. The van der Waals surface area contributed by atoms with Crippen LogP contribution in [0.2, 0.25) is 0 Å². The van der Waals surface area contributed by atoms with Crippen LogP contribution in [0, 0.1) is 5.41 Å². The van der Waals surface area contributed by atoms with Crippen molar-refractivity contribution in [3.05, 3.63) is 0 Å². The van der Waals surface area contributed by atoms with Crippen LogP contribution in [0.3, 0.4) is 0 Å². The van der Waals surface area contributed by atoms with Crippen LogP contribution >= 0.6 is 35.3 Å². The van der Waals surface area contributed by atoms with Gasteiger partial charge in [-0.15, -0.1) is 11.8 Å². The maximum atomic E-state index is 12.7. The third-order valence-electron chi connectivity index (χ3n) is 8.47. The number of hydrogen-bond donors (Lipinski definition) is 0. The van der Waals surface area contributed by atoms with Crippen LogP contribution in [0.4, 0.5) is 14.4 Å². The molecule has 0 bridgehead atoms. The fourth-order valence-electron chi connectivity index (χ4n) is 5.30. The van der Waals surface area contributed by atoms with Crippen LogP contribution in [0.1, 0.15) is 97.3 Å². The van der Waals surface area contributed by atoms with Crippen molar-refractivity contribution in [1.82, 2.24) is 0 Å². The van der Waals surface area contributed by atoms with E-state index in [1.54, 1.807) is 23.5 Å². The molecule has 0 aromatic rings. The predicted molar refractivity (Wildman–Crippen MR) is 179 cm³/mol. The number of rotatable bonds is 26. The summed E-state index contributed by atoms with van der Waals surface area (Å²) in [6.07, 6.45) is 10.3. The minimum absolute atomic E-state index is 0.0805. The normalized spacial score (nSPS) is 22.7. The smallest absolute Gasteiger partial charge is 0.451 e. The van der Waals surface area contributed by atoms with Crippen molar-refractivity contribution >= 4 is 59.7 Å². The van der Waals surface area contributed by atoms with E-state index in [0.717, 1.165) is 55.8 Å². The summed E-state index contributed by atoms with van der Waals surface area (Å²) in [4.78, 5) is 45.9. The number of thioether (sulfide) groups is 3. The molecule has 0 aliphatic carbocycles. The zero-order valence-electron chi connectivity index (χ0n) is 27.4. The molecular weight excluding hydrogens is 657 g/mol. The minimum Gasteiger partial charge on any atom is -0.451 e. The molecule has 0 spiro atoms. The maximum Gasteiger partial charge on any atom is 0.508 e. The number of ether oxygens (including phenoxy) is 7. The molecule has 46 heavy (non-hydrogen) atoms. The van der Waals surface area contributed by atoms with Gasteiger partial charge in [-0.25, -0.2) is 14.4 Å². The first-order valence-electron chi connectivity index (χ1n) is 16.7. The van der Waals surface area contributed by atoms with Crippen molar-refractivity contribution in [2.24, 2.45) is 5.41 Å². The van der Waals surface area contributed by atoms with E-state index >= 15 is 0 Å². The lowest BCUT2D eigenvalue weighted by atomic mass is 9.78. The fraction of sp³-hybridized carbons (Fsp3) is 0.875. The Balaban J connectivity index is 1.27. The van der Waals surface area contributed by atoms with Crippen molar-refractivity contribution in [2.75, 3.05) is 48.6 Å². The Hall–Kier alpha value is -1.67. The monoisotopic (exact) mass is 708 g/mol. The molecule has 3 aliphatic heterocycles. The van der Waals surface area contributed by atoms with Crippen molar-refractivity contribution in [3.63, 3.8) is 0 Å². The Labute approximate surface area is 286 Å². The van der Waals surface area contributed by atoms with Crippen molar-refractivity contribution in [1.29, 1.82) is 0 Å². The number of esters is 1. The summed E-state index contributed by atoms with van der Waals surface area (Å²) in [6, 6.07) is 0. The van der Waals surface area contributed by atoms with Gasteiger partial charge in [-0.1, -0.05) is 39.5 Å². The van der Waals surface area contributed by atoms with E-state index in [0.29, 0.717) is 49.4 Å². The summed E-state index contributed by atoms with van der Waals surface area (Å²) in [5, 5.41) is 0. The van der Waals surface area contributed by atoms with E-state index in [1.165, 1.54) is 25.7 Å². The summed E-state index contributed by atoms with van der Waals surface area (Å²) >= 11 is 5.16. The highest BCUT2D eigenvalue weighted by Crippen LogP contribution is 2.35. The Morgan fingerprint density at radius 1 is 0.739 bits per heavy atom. The third kappa shape index (κ3) is 16.4. The second-order valence-corrected chi connectivity index (χ2v) is 16.0. The first-order valence-corrected chi connectivity index (χ1v) is 20.1. The Kier molecular flexibility index (Phi) is 18.6. The molecule has 3 rings (SSSR count). The molecule has 3 heterocycles. The average Bonchev–Trinajstić information content (AvgIpc) is 3.77. The lowest BCUT2D eigenvalue weighted by Crippen LogP contribution is -2.19. The molecule has 5 atom stereocenters. The van der Waals surface area contributed by atoms with Crippen LogP contribution in [-0.4, -0.2) is 96.8 Å². The molecule has 14 heteroatoms. The molecule has 3 saturated heterocycles. The first kappa shape index (κ1) is 38.8. The van der Waals surface area contributed by atoms with Gasteiger partial charge in [-0.05, 0) is 74.0 Å². The molecule has 0 radical (unpaired) electrons. The second kappa shape index (κ2) is 22.1. The molecule has 3 aliphatic rings. The van der Waals surface area contributed by atoms with E-state index in [-0.39, 0.29) is 36.3 Å². The van der Waals surface area contributed by atoms with Crippen molar-refractivity contribution < 1.29 is 52.3 Å². The van der Waals surface area contributed by atoms with Gasteiger partial charge in [-0.3, -0.25) is 4.79 Å². The van der Waals surface area contributed by atoms with Gasteiger partial charge in [0.2, 0.25) is 0 Å². The van der Waals surface area contributed by atoms with Crippen LogP contribution in [0.5, 0.6) is 0 Å². The molecule has 264 valence electrons. The number of cyclic esters (lactones) is 6. The van der Waals surface area contributed by atoms with Gasteiger partial charge in [-0.2, -0.15) is 23.5 Å². The SMILES string of the molecule is CCC(C)(CCCCCSCCC1COC(=O)O1)CCCCC(OC(=O)CCSCCC1COC(=O)O1)SCCC1COC(=O)O1. The molecule has 11 nitrogen and oxygen atoms in total. The van der Waals surface area contributed by atoms with Crippen LogP contribution in [-0.2, 0) is 38.0 Å². The fourth-order valence-corrected chi connectivity index (χ4v) is 8.46. The van der Waals surface area contributed by atoms with E-state index in [4.69, 9.17) is 33.2 Å². The van der Waals surface area contributed by atoms with Gasteiger partial charge in [0.15, 0.2) is 0 Å². The summed E-state index contributed by atoms with van der Waals surface area (Å²) in [6.45, 7) is 5.63. The summed E-state index contributed by atoms with van der Waals surface area (Å²) in [5.41, 5.74) is 0.0786. The summed E-state index contributed by atoms with van der Waals surface area (Å²) in [5.74, 6) is 4.05. The zero-order chi connectivity index (χ0) is 33.0. The Bertz CT molecular complexity index is 939. The average molecular weight is 709 g/mol. The summed E-state index contributed by atoms with van der Waals surface area (Å²) < 4.78 is 35.6. The molecule has 3 fully saturated rings. The highest BCUT2D eigenvalue weighted by molar-refractivity contribution is 7.99. The largest absolute Gasteiger partial charge is 0.508 e. The molecular formula is C32H52O11S3. The van der Waals surface area contributed by atoms with E-state index in [1.807, 2.05) is 11.8 Å². The van der Waals surface area contributed by atoms with Gasteiger partial charge >= 0.3 is 24.4 Å². The quantitative estimate of drug-likeness (QED) is 0.0375. The lowest BCUT2D eigenvalue weighted by Gasteiger charge is -2.29. The Morgan fingerprint density at radius 2 is 1.26 bits per heavy atom. The second-order valence-electron chi connectivity index (χ2n) is 12.3. The van der Waals surface area contributed by atoms with Crippen LogP contribution < -0.4 is 0 Å². The van der Waals surface area contributed by atoms with Crippen molar-refractivity contribution in [2.45, 2.75) is 121 Å². The van der Waals surface area contributed by atoms with Crippen molar-refractivity contribution in [3.8, 4) is 0 Å². The van der Waals surface area contributed by atoms with E-state index < -0.39 is 18.5 Å². The number of unbranched alkanes of at least 4 members (excludes halogenated alkanes) is 3. The number of carbonyl (C=O) groups is 4. The molecule has 5 unspecified atom stereocenters. The third-order valence-corrected chi connectivity index (χ3v) is 11.8. The van der Waals surface area contributed by atoms with E-state index in [9.17, 15) is 19.2 Å². The zero-order valence-corrected chi connectivity index (χ0v) is 29.8. The van der Waals surface area contributed by atoms with Gasteiger partial charge in [0.25, 0.3) is 0 Å². The first-order chi connectivity index (χ1) is 22.2. The van der Waals surface area contributed by atoms with Gasteiger partial charge in [0.05, 0.1) is 6.42 Å². The summed E-state index contributed by atoms with van der Waals surface area (Å²) in [7, 11) is 0. The molecule has 0 amide bonds. The van der Waals surface area contributed by atoms with E-state index in [2.05, 4.69) is 13.8 Å². The van der Waals surface area contributed by atoms with Gasteiger partial charge in [0.1, 0.15) is 43.6 Å². The minimum atomic E-state index is -0.618. The van der Waals surface area contributed by atoms with Crippen LogP contribution in [0.15, 0.2) is 0 Å². The molecule has 0 aromatic carbocycles. The van der Waals surface area contributed by atoms with Crippen LogP contribution in [0.25, 0.3) is 0 Å². The Morgan fingerprint density at radius 3 is 1.78 bits per heavy atom. The lowest BCUT2D eigenvalue weighted by molar-refractivity contribution is -0.144. The molecule has 0 aromatic heterocycles. The topological polar surface area (TPSA) is 133 Å². The molecule has 0 N–H and O–H groups in total. The van der Waals surface area contributed by atoms with Gasteiger partial charge in [0, 0.05) is 11.5 Å². The number of carbonyl (C=O) groups excluding carboxylic acids is 4. The highest BCUT2D eigenvalue weighted by atomic mass is 32.2. The van der Waals surface area contributed by atoms with Gasteiger partial charge < -0.3 is 33.2 Å². The predicted octanol–water partition coefficient (Wildman–Crippen LogP) is 7.76. The standard InChI is InChI=1S/C32H52O11S3/c1-3-32(2,14-6-4-8-16-44-17-10-24-21-37-29(34)40-24)15-7-5-9-28(46-20-12-26-23-39-31(36)42-26)43-27(33)13-19-45-18-11-25-22-38-30(35)41-25/h24-26,28H,3-23H2,1-2H3. The maximum absolute atomic E-state index is 12.7.